The molecule has 196 valence electrons. The fraction of sp³-hybridized carbons (Fsp3) is 0.240. The molecule has 0 aliphatic rings. The molecular weight excluding hydrogens is 537 g/mol. The van der Waals surface area contributed by atoms with Gasteiger partial charge in [-0.1, -0.05) is 23.2 Å². The first-order valence-corrected chi connectivity index (χ1v) is 13.9. The van der Waals surface area contributed by atoms with Crippen LogP contribution in [0.5, 0.6) is 0 Å². The van der Waals surface area contributed by atoms with Gasteiger partial charge >= 0.3 is 0 Å². The van der Waals surface area contributed by atoms with Crippen LogP contribution in [0.25, 0.3) is 0 Å². The van der Waals surface area contributed by atoms with Gasteiger partial charge in [0.2, 0.25) is 0 Å². The van der Waals surface area contributed by atoms with Crippen molar-refractivity contribution in [3.8, 4) is 0 Å². The Kier molecular flexibility index (Phi) is 10.0. The minimum absolute atomic E-state index is 0.0449. The highest BCUT2D eigenvalue weighted by Gasteiger charge is 2.17. The maximum Gasteiger partial charge on any atom is 0.258 e. The van der Waals surface area contributed by atoms with Crippen LogP contribution in [0.4, 0.5) is 11.5 Å². The van der Waals surface area contributed by atoms with E-state index >= 15 is 0 Å². The fourth-order valence-electron chi connectivity index (χ4n) is 3.24. The molecule has 0 aliphatic heterocycles. The normalized spacial score (nSPS) is 12.6. The minimum Gasteiger partial charge on any atom is -0.395 e. The zero-order valence-corrected chi connectivity index (χ0v) is 22.6. The van der Waals surface area contributed by atoms with Crippen molar-refractivity contribution in [1.29, 1.82) is 0 Å². The second kappa shape index (κ2) is 13.0. The van der Waals surface area contributed by atoms with E-state index in [1.165, 1.54) is 18.3 Å². The molecule has 3 aromatic rings. The summed E-state index contributed by atoms with van der Waals surface area (Å²) >= 11 is 11.9. The molecule has 0 spiro atoms. The summed E-state index contributed by atoms with van der Waals surface area (Å²) < 4.78 is 17.3. The Morgan fingerprint density at radius 2 is 1.70 bits per heavy atom. The van der Waals surface area contributed by atoms with Crippen LogP contribution in [0.3, 0.4) is 0 Å². The Morgan fingerprint density at radius 3 is 2.35 bits per heavy atom. The number of benzene rings is 2. The van der Waals surface area contributed by atoms with Crippen LogP contribution in [0.1, 0.15) is 20.7 Å². The highest BCUT2D eigenvalue weighted by Crippen LogP contribution is 2.23. The van der Waals surface area contributed by atoms with Gasteiger partial charge in [0, 0.05) is 41.0 Å². The number of aromatic nitrogens is 1. The number of aliphatic hydroxyl groups excluding tert-OH is 1. The number of likely N-dealkylation sites (N-methyl/N-ethyl adjacent to an activating group) is 1. The first-order chi connectivity index (χ1) is 17.6. The third-order valence-electron chi connectivity index (χ3n) is 5.30. The smallest absolute Gasteiger partial charge is 0.258 e. The largest absolute Gasteiger partial charge is 0.395 e. The molecule has 3 N–H and O–H groups in total. The molecule has 12 heteroatoms. The second-order valence-electron chi connectivity index (χ2n) is 8.17. The molecule has 0 aliphatic carbocycles. The van der Waals surface area contributed by atoms with E-state index in [0.717, 1.165) is 0 Å². The summed E-state index contributed by atoms with van der Waals surface area (Å²) in [6.45, 7) is 1.47. The summed E-state index contributed by atoms with van der Waals surface area (Å²) in [5.41, 5.74) is 0.712. The van der Waals surface area contributed by atoms with E-state index in [1.54, 1.807) is 48.7 Å². The molecular formula is C25H27Cl2N5O4S. The quantitative estimate of drug-likeness (QED) is 0.338. The number of hydrogen-bond donors (Lipinski definition) is 3. The number of hydrogen-bond acceptors (Lipinski definition) is 7. The first-order valence-electron chi connectivity index (χ1n) is 11.2. The van der Waals surface area contributed by atoms with Crippen LogP contribution in [0, 0.1) is 0 Å². The maximum atomic E-state index is 13.0. The fourth-order valence-corrected chi connectivity index (χ4v) is 4.75. The van der Waals surface area contributed by atoms with Gasteiger partial charge in [-0.05, 0) is 61.6 Å². The van der Waals surface area contributed by atoms with Crippen molar-refractivity contribution in [1.82, 2.24) is 9.88 Å². The number of anilines is 2. The van der Waals surface area contributed by atoms with Crippen LogP contribution in [0.15, 0.2) is 70.1 Å². The summed E-state index contributed by atoms with van der Waals surface area (Å²) in [5, 5.41) is 15.1. The molecule has 3 rings (SSSR count). The highest BCUT2D eigenvalue weighted by atomic mass is 35.5. The van der Waals surface area contributed by atoms with Crippen molar-refractivity contribution in [3.05, 3.63) is 82.0 Å². The van der Waals surface area contributed by atoms with Gasteiger partial charge in [-0.2, -0.15) is 0 Å². The van der Waals surface area contributed by atoms with Crippen molar-refractivity contribution in [2.45, 2.75) is 4.90 Å². The number of rotatable bonds is 10. The molecule has 0 saturated carbocycles. The average molecular weight is 564 g/mol. The average Bonchev–Trinajstić information content (AvgIpc) is 2.86. The zero-order chi connectivity index (χ0) is 27.0. The van der Waals surface area contributed by atoms with E-state index in [0.29, 0.717) is 40.1 Å². The van der Waals surface area contributed by atoms with Gasteiger partial charge in [-0.15, -0.1) is 0 Å². The standard InChI is InChI=1S/C25H27Cl2N5O4S/c1-32(13-14-33)12-11-29-37(2,36)20-7-3-17(4-8-20)24(34)30-22-9-5-18(26)15-21(22)25(35)31-23-10-6-19(27)16-28-23/h3-10,15-16,33H,11-14H2,1-2H3,(H,30,34)(H,28,31,35). The predicted molar refractivity (Wildman–Crippen MR) is 147 cm³/mol. The Labute approximate surface area is 226 Å². The topological polar surface area (TPSA) is 124 Å². The Bertz CT molecular complexity index is 1370. The van der Waals surface area contributed by atoms with E-state index in [9.17, 15) is 13.8 Å². The highest BCUT2D eigenvalue weighted by molar-refractivity contribution is 7.93. The number of aliphatic hydroxyl groups is 1. The molecule has 0 bridgehead atoms. The molecule has 0 fully saturated rings. The number of nitrogens with one attached hydrogen (secondary N) is 2. The van der Waals surface area contributed by atoms with E-state index < -0.39 is 21.5 Å². The summed E-state index contributed by atoms with van der Waals surface area (Å²) in [7, 11) is -0.807. The number of nitrogens with zero attached hydrogens (tertiary/aromatic N) is 3. The van der Waals surface area contributed by atoms with E-state index in [2.05, 4.69) is 20.0 Å². The van der Waals surface area contributed by atoms with Crippen LogP contribution >= 0.6 is 23.2 Å². The van der Waals surface area contributed by atoms with Gasteiger partial charge < -0.3 is 20.6 Å². The lowest BCUT2D eigenvalue weighted by molar-refractivity contribution is 0.102. The molecule has 1 heterocycles. The lowest BCUT2D eigenvalue weighted by Gasteiger charge is -2.14. The lowest BCUT2D eigenvalue weighted by atomic mass is 10.1. The van der Waals surface area contributed by atoms with Gasteiger partial charge in [0.25, 0.3) is 11.8 Å². The Morgan fingerprint density at radius 1 is 1.00 bits per heavy atom. The van der Waals surface area contributed by atoms with E-state index in [1.807, 2.05) is 11.9 Å². The van der Waals surface area contributed by atoms with Crippen molar-refractivity contribution >= 4 is 56.3 Å². The Hall–Kier alpha value is -3.02. The molecule has 1 atom stereocenters. The minimum atomic E-state index is -2.66. The first kappa shape index (κ1) is 28.5. The van der Waals surface area contributed by atoms with Crippen LogP contribution < -0.4 is 10.6 Å². The molecule has 1 aromatic heterocycles. The molecule has 37 heavy (non-hydrogen) atoms. The van der Waals surface area contributed by atoms with Gasteiger partial charge in [0.15, 0.2) is 0 Å². The lowest BCUT2D eigenvalue weighted by Crippen LogP contribution is -2.25. The molecule has 1 unspecified atom stereocenters. The molecule has 2 amide bonds. The third-order valence-corrected chi connectivity index (χ3v) is 7.58. The predicted octanol–water partition coefficient (Wildman–Crippen LogP) is 4.27. The van der Waals surface area contributed by atoms with Crippen LogP contribution in [0.2, 0.25) is 10.0 Å². The number of halogens is 2. The van der Waals surface area contributed by atoms with Gasteiger partial charge in [0.1, 0.15) is 5.82 Å². The summed E-state index contributed by atoms with van der Waals surface area (Å²) in [6, 6.07) is 14.0. The van der Waals surface area contributed by atoms with E-state index in [4.69, 9.17) is 28.3 Å². The zero-order valence-electron chi connectivity index (χ0n) is 20.3. The number of carbonyl (C=O) groups excluding carboxylic acids is 2. The molecule has 0 radical (unpaired) electrons. The number of pyridine rings is 1. The molecule has 9 nitrogen and oxygen atoms in total. The summed E-state index contributed by atoms with van der Waals surface area (Å²) in [4.78, 5) is 32.2. The van der Waals surface area contributed by atoms with Crippen molar-refractivity contribution < 1.29 is 18.9 Å². The van der Waals surface area contributed by atoms with Crippen molar-refractivity contribution in [2.24, 2.45) is 4.36 Å². The maximum absolute atomic E-state index is 13.0. The van der Waals surface area contributed by atoms with E-state index in [-0.39, 0.29) is 23.7 Å². The summed E-state index contributed by atoms with van der Waals surface area (Å²) in [6.07, 6.45) is 2.95. The summed E-state index contributed by atoms with van der Waals surface area (Å²) in [5.74, 6) is -0.687. The number of carbonyl (C=O) groups is 2. The third kappa shape index (κ3) is 8.24. The molecule has 2 aromatic carbocycles. The monoisotopic (exact) mass is 563 g/mol. The van der Waals surface area contributed by atoms with Crippen molar-refractivity contribution in [3.63, 3.8) is 0 Å². The second-order valence-corrected chi connectivity index (χ2v) is 11.4. The van der Waals surface area contributed by atoms with Gasteiger partial charge in [-0.25, -0.2) is 13.6 Å². The Balaban J connectivity index is 1.73. The molecule has 0 saturated heterocycles. The van der Waals surface area contributed by atoms with Gasteiger partial charge in [0.05, 0.1) is 39.2 Å². The van der Waals surface area contributed by atoms with Gasteiger partial charge in [-0.3, -0.25) is 9.59 Å². The van der Waals surface area contributed by atoms with Crippen molar-refractivity contribution in [2.75, 3.05) is 50.2 Å². The SMILES string of the molecule is CN(CCO)CCN=S(C)(=O)c1ccc(C(=O)Nc2ccc(Cl)cc2C(=O)Nc2ccc(Cl)cn2)cc1. The van der Waals surface area contributed by atoms with Crippen LogP contribution in [-0.2, 0) is 9.73 Å². The van der Waals surface area contributed by atoms with Crippen LogP contribution in [-0.4, -0.2) is 70.6 Å². The number of amides is 2.